The lowest BCUT2D eigenvalue weighted by atomic mass is 9.89. The summed E-state index contributed by atoms with van der Waals surface area (Å²) >= 11 is 0. The van der Waals surface area contributed by atoms with Crippen LogP contribution in [-0.2, 0) is 9.59 Å². The van der Waals surface area contributed by atoms with Crippen LogP contribution >= 0.6 is 0 Å². The topological polar surface area (TPSA) is 83.6 Å². The summed E-state index contributed by atoms with van der Waals surface area (Å²) in [7, 11) is 0. The summed E-state index contributed by atoms with van der Waals surface area (Å²) in [5.74, 6) is -1.97. The highest BCUT2D eigenvalue weighted by molar-refractivity contribution is 6.24. The van der Waals surface area contributed by atoms with E-state index in [-0.39, 0.29) is 18.7 Å². The number of nitrogens with one attached hydrogen (secondary N) is 1. The highest BCUT2D eigenvalue weighted by atomic mass is 16.2. The standard InChI is InChI=1S/C14H12N2O4/c1-14(7-6-10(17)15-13(14)20)16-11(18)8-4-2-3-5-9(8)12(16)19/h2-5H,6-7H2,1H3,(H,15,17,20). The van der Waals surface area contributed by atoms with Crippen LogP contribution in [0.1, 0.15) is 40.5 Å². The first kappa shape index (κ1) is 12.5. The van der Waals surface area contributed by atoms with Crippen LogP contribution in [0.3, 0.4) is 0 Å². The number of benzene rings is 1. The molecule has 1 N–H and O–H groups in total. The number of rotatable bonds is 1. The third kappa shape index (κ3) is 1.51. The van der Waals surface area contributed by atoms with E-state index in [2.05, 4.69) is 5.32 Å². The van der Waals surface area contributed by atoms with Crippen LogP contribution in [0.25, 0.3) is 0 Å². The maximum Gasteiger partial charge on any atom is 0.262 e. The fourth-order valence-corrected chi connectivity index (χ4v) is 2.65. The first-order valence-corrected chi connectivity index (χ1v) is 6.27. The molecule has 1 atom stereocenters. The first-order valence-electron chi connectivity index (χ1n) is 6.27. The molecule has 0 aliphatic carbocycles. The molecular formula is C14H12N2O4. The Balaban J connectivity index is 2.04. The molecule has 6 heteroatoms. The fourth-order valence-electron chi connectivity index (χ4n) is 2.65. The summed E-state index contributed by atoms with van der Waals surface area (Å²) in [5.41, 5.74) is -0.729. The minimum absolute atomic E-state index is 0.107. The van der Waals surface area contributed by atoms with Gasteiger partial charge in [0.15, 0.2) is 0 Å². The Labute approximate surface area is 114 Å². The van der Waals surface area contributed by atoms with E-state index in [1.807, 2.05) is 0 Å². The number of imide groups is 2. The lowest BCUT2D eigenvalue weighted by molar-refractivity contribution is -0.140. The Bertz CT molecular complexity index is 632. The second-order valence-corrected chi connectivity index (χ2v) is 5.14. The number of hydrogen-bond donors (Lipinski definition) is 1. The van der Waals surface area contributed by atoms with Crippen molar-refractivity contribution in [3.63, 3.8) is 0 Å². The van der Waals surface area contributed by atoms with Gasteiger partial charge in [0.25, 0.3) is 17.7 Å². The van der Waals surface area contributed by atoms with Gasteiger partial charge in [0.05, 0.1) is 11.1 Å². The molecule has 20 heavy (non-hydrogen) atoms. The molecular weight excluding hydrogens is 260 g/mol. The van der Waals surface area contributed by atoms with Gasteiger partial charge in [-0.25, -0.2) is 0 Å². The SMILES string of the molecule is CC1(N2C(=O)c3ccccc3C2=O)CCC(=O)NC1=O. The van der Waals surface area contributed by atoms with E-state index < -0.39 is 23.3 Å². The molecule has 0 bridgehead atoms. The van der Waals surface area contributed by atoms with Crippen molar-refractivity contribution in [2.24, 2.45) is 0 Å². The van der Waals surface area contributed by atoms with Gasteiger partial charge in [-0.15, -0.1) is 0 Å². The van der Waals surface area contributed by atoms with Crippen LogP contribution in [0, 0.1) is 0 Å². The number of piperidine rings is 1. The van der Waals surface area contributed by atoms with Crippen LogP contribution in [0.15, 0.2) is 24.3 Å². The molecule has 0 aromatic heterocycles. The second kappa shape index (κ2) is 4.00. The fraction of sp³-hybridized carbons (Fsp3) is 0.286. The van der Waals surface area contributed by atoms with Gasteiger partial charge < -0.3 is 0 Å². The Morgan fingerprint density at radius 3 is 2.10 bits per heavy atom. The smallest absolute Gasteiger partial charge is 0.262 e. The van der Waals surface area contributed by atoms with E-state index in [4.69, 9.17) is 0 Å². The number of carbonyl (C=O) groups is 4. The zero-order valence-electron chi connectivity index (χ0n) is 10.8. The van der Waals surface area contributed by atoms with E-state index in [9.17, 15) is 19.2 Å². The molecule has 2 aliphatic rings. The normalized spacial score (nSPS) is 25.8. The Morgan fingerprint density at radius 2 is 1.60 bits per heavy atom. The minimum Gasteiger partial charge on any atom is -0.294 e. The molecule has 2 heterocycles. The van der Waals surface area contributed by atoms with Crippen molar-refractivity contribution in [3.05, 3.63) is 35.4 Å². The van der Waals surface area contributed by atoms with E-state index in [0.29, 0.717) is 11.1 Å². The summed E-state index contributed by atoms with van der Waals surface area (Å²) in [6.07, 6.45) is 0.249. The van der Waals surface area contributed by atoms with Gasteiger partial charge in [-0.05, 0) is 25.5 Å². The molecule has 102 valence electrons. The minimum atomic E-state index is -1.32. The molecule has 0 spiro atoms. The Morgan fingerprint density at radius 1 is 1.05 bits per heavy atom. The van der Waals surface area contributed by atoms with Crippen molar-refractivity contribution >= 4 is 23.6 Å². The Kier molecular flexibility index (Phi) is 2.50. The predicted molar refractivity (Wildman–Crippen MR) is 67.7 cm³/mol. The molecule has 3 rings (SSSR count). The molecule has 1 fully saturated rings. The molecule has 4 amide bonds. The average molecular weight is 272 g/mol. The average Bonchev–Trinajstić information content (AvgIpc) is 2.68. The van der Waals surface area contributed by atoms with Gasteiger partial charge >= 0.3 is 0 Å². The number of fused-ring (bicyclic) bond motifs is 1. The summed E-state index contributed by atoms with van der Waals surface area (Å²) in [6.45, 7) is 1.51. The molecule has 0 saturated carbocycles. The van der Waals surface area contributed by atoms with Crippen molar-refractivity contribution in [2.75, 3.05) is 0 Å². The third-order valence-corrected chi connectivity index (χ3v) is 3.87. The quantitative estimate of drug-likeness (QED) is 0.754. The largest absolute Gasteiger partial charge is 0.294 e. The summed E-state index contributed by atoms with van der Waals surface area (Å²) in [4.78, 5) is 49.0. The van der Waals surface area contributed by atoms with E-state index in [0.717, 1.165) is 4.90 Å². The van der Waals surface area contributed by atoms with Crippen molar-refractivity contribution in [1.29, 1.82) is 0 Å². The van der Waals surface area contributed by atoms with Crippen molar-refractivity contribution in [2.45, 2.75) is 25.3 Å². The van der Waals surface area contributed by atoms with Gasteiger partial charge in [-0.3, -0.25) is 29.4 Å². The van der Waals surface area contributed by atoms with Crippen LogP contribution in [0.4, 0.5) is 0 Å². The molecule has 0 radical (unpaired) electrons. The van der Waals surface area contributed by atoms with Crippen LogP contribution < -0.4 is 5.32 Å². The van der Waals surface area contributed by atoms with Crippen molar-refractivity contribution in [1.82, 2.24) is 10.2 Å². The van der Waals surface area contributed by atoms with E-state index in [1.54, 1.807) is 24.3 Å². The molecule has 1 aromatic carbocycles. The van der Waals surface area contributed by atoms with Crippen molar-refractivity contribution < 1.29 is 19.2 Å². The van der Waals surface area contributed by atoms with Crippen LogP contribution in [0.2, 0.25) is 0 Å². The number of amides is 4. The van der Waals surface area contributed by atoms with Gasteiger partial charge in [0, 0.05) is 6.42 Å². The van der Waals surface area contributed by atoms with Crippen molar-refractivity contribution in [3.8, 4) is 0 Å². The van der Waals surface area contributed by atoms with E-state index >= 15 is 0 Å². The Hall–Kier alpha value is -2.50. The summed E-state index contributed by atoms with van der Waals surface area (Å²) in [6, 6.07) is 6.45. The number of carbonyl (C=O) groups excluding carboxylic acids is 4. The van der Waals surface area contributed by atoms with E-state index in [1.165, 1.54) is 6.92 Å². The maximum atomic E-state index is 12.4. The lowest BCUT2D eigenvalue weighted by Crippen LogP contribution is -2.62. The highest BCUT2D eigenvalue weighted by Crippen LogP contribution is 2.33. The summed E-state index contributed by atoms with van der Waals surface area (Å²) < 4.78 is 0. The number of hydrogen-bond acceptors (Lipinski definition) is 4. The highest BCUT2D eigenvalue weighted by Gasteiger charge is 2.52. The second-order valence-electron chi connectivity index (χ2n) is 5.14. The lowest BCUT2D eigenvalue weighted by Gasteiger charge is -2.38. The predicted octanol–water partition coefficient (Wildman–Crippen LogP) is 0.478. The maximum absolute atomic E-state index is 12.4. The molecule has 2 aliphatic heterocycles. The molecule has 1 saturated heterocycles. The molecule has 1 unspecified atom stereocenters. The monoisotopic (exact) mass is 272 g/mol. The summed E-state index contributed by atoms with van der Waals surface area (Å²) in [5, 5.41) is 2.19. The molecule has 6 nitrogen and oxygen atoms in total. The first-order chi connectivity index (χ1) is 9.45. The van der Waals surface area contributed by atoms with Gasteiger partial charge in [-0.1, -0.05) is 12.1 Å². The van der Waals surface area contributed by atoms with Gasteiger partial charge in [-0.2, -0.15) is 0 Å². The molecule has 1 aromatic rings. The zero-order chi connectivity index (χ0) is 14.5. The van der Waals surface area contributed by atoms with Gasteiger partial charge in [0.2, 0.25) is 5.91 Å². The van der Waals surface area contributed by atoms with Crippen LogP contribution in [0.5, 0.6) is 0 Å². The third-order valence-electron chi connectivity index (χ3n) is 3.87. The zero-order valence-corrected chi connectivity index (χ0v) is 10.8. The van der Waals surface area contributed by atoms with Crippen LogP contribution in [-0.4, -0.2) is 34.1 Å². The number of nitrogens with zero attached hydrogens (tertiary/aromatic N) is 1. The van der Waals surface area contributed by atoms with Gasteiger partial charge in [0.1, 0.15) is 5.54 Å².